The smallest absolute Gasteiger partial charge is 0.307 e. The number of nitrogens with one attached hydrogen (secondary N) is 2. The molecule has 0 fully saturated rings. The molecule has 7 nitrogen and oxygen atoms in total. The number of carbonyl (C=O) groups excluding carboxylic acids is 3. The summed E-state index contributed by atoms with van der Waals surface area (Å²) in [7, 11) is 3.71. The van der Waals surface area contributed by atoms with Gasteiger partial charge in [0.2, 0.25) is 11.8 Å². The lowest BCUT2D eigenvalue weighted by Gasteiger charge is -2.23. The molecule has 0 heterocycles. The van der Waals surface area contributed by atoms with Crippen molar-refractivity contribution in [3.63, 3.8) is 0 Å². The van der Waals surface area contributed by atoms with Gasteiger partial charge in [0.1, 0.15) is 6.61 Å². The fourth-order valence-electron chi connectivity index (χ4n) is 2.57. The van der Waals surface area contributed by atoms with Crippen molar-refractivity contribution < 1.29 is 19.1 Å². The van der Waals surface area contributed by atoms with E-state index in [0.717, 1.165) is 18.4 Å². The molecule has 27 heavy (non-hydrogen) atoms. The van der Waals surface area contributed by atoms with Crippen LogP contribution in [-0.2, 0) is 25.7 Å². The van der Waals surface area contributed by atoms with E-state index in [9.17, 15) is 14.4 Å². The number of benzene rings is 1. The second kappa shape index (κ2) is 12.9. The van der Waals surface area contributed by atoms with E-state index in [2.05, 4.69) is 10.6 Å². The van der Waals surface area contributed by atoms with Gasteiger partial charge in [0, 0.05) is 20.0 Å². The summed E-state index contributed by atoms with van der Waals surface area (Å²) in [5.41, 5.74) is 0.932. The minimum absolute atomic E-state index is 0.0453. The molecule has 1 atom stereocenters. The average molecular weight is 379 g/mol. The average Bonchev–Trinajstić information content (AvgIpc) is 2.63. The minimum atomic E-state index is -0.337. The summed E-state index contributed by atoms with van der Waals surface area (Å²) in [6, 6.07) is 9.21. The lowest BCUT2D eigenvalue weighted by molar-refractivity contribution is -0.144. The molecular formula is C20H31N3O4. The van der Waals surface area contributed by atoms with E-state index in [0.29, 0.717) is 13.0 Å². The Morgan fingerprint density at radius 2 is 1.74 bits per heavy atom. The normalized spacial score (nSPS) is 11.7. The Bertz CT molecular complexity index is 590. The number of nitrogens with zero attached hydrogens (tertiary/aromatic N) is 1. The third-order valence-electron chi connectivity index (χ3n) is 4.08. The van der Waals surface area contributed by atoms with Crippen molar-refractivity contribution in [3.05, 3.63) is 35.9 Å². The number of esters is 1. The monoisotopic (exact) mass is 379 g/mol. The molecule has 1 unspecified atom stereocenters. The minimum Gasteiger partial charge on any atom is -0.461 e. The first-order chi connectivity index (χ1) is 12.9. The number of rotatable bonds is 12. The van der Waals surface area contributed by atoms with Crippen LogP contribution in [0.4, 0.5) is 0 Å². The summed E-state index contributed by atoms with van der Waals surface area (Å²) in [5.74, 6) is -0.484. The first-order valence-electron chi connectivity index (χ1n) is 9.28. The molecule has 0 aliphatic carbocycles. The standard InChI is InChI=1S/C20H31N3O4/c1-16(24)21-13-8-7-11-18(23(2)3)20(26)22-14-12-19(25)27-15-17-9-5-4-6-10-17/h4-6,9-10,18H,7-8,11-15H2,1-3H3,(H,21,24)(H,22,26)/i1+1,16+1. The Morgan fingerprint density at radius 1 is 1.04 bits per heavy atom. The maximum Gasteiger partial charge on any atom is 0.307 e. The van der Waals surface area contributed by atoms with Crippen molar-refractivity contribution in [2.75, 3.05) is 27.2 Å². The predicted octanol–water partition coefficient (Wildman–Crippen LogP) is 1.47. The number of amides is 2. The Kier molecular flexibility index (Phi) is 10.8. The number of unbranched alkanes of at least 4 members (excludes halogenated alkanes) is 1. The van der Waals surface area contributed by atoms with Crippen molar-refractivity contribution in [2.45, 2.75) is 45.3 Å². The summed E-state index contributed by atoms with van der Waals surface area (Å²) in [6.07, 6.45) is 2.48. The van der Waals surface area contributed by atoms with E-state index in [4.69, 9.17) is 4.74 Å². The van der Waals surface area contributed by atoms with Crippen molar-refractivity contribution in [3.8, 4) is 0 Å². The van der Waals surface area contributed by atoms with Crippen LogP contribution in [-0.4, -0.2) is 55.9 Å². The third-order valence-corrected chi connectivity index (χ3v) is 4.08. The SMILES string of the molecule is CN(C)C(CCCCN[13C]([13CH3])=O)C(=O)NCCC(=O)OCc1ccccc1. The molecule has 0 radical (unpaired) electrons. The molecule has 1 aromatic carbocycles. The molecule has 2 N–H and O–H groups in total. The Labute approximate surface area is 161 Å². The quantitative estimate of drug-likeness (QED) is 0.326. The highest BCUT2D eigenvalue weighted by Crippen LogP contribution is 2.06. The van der Waals surface area contributed by atoms with Crippen molar-refractivity contribution >= 4 is 17.8 Å². The van der Waals surface area contributed by atoms with Gasteiger partial charge in [0.15, 0.2) is 0 Å². The van der Waals surface area contributed by atoms with Crippen LogP contribution in [0, 0.1) is 0 Å². The van der Waals surface area contributed by atoms with Gasteiger partial charge in [-0.25, -0.2) is 0 Å². The van der Waals surface area contributed by atoms with Crippen LogP contribution >= 0.6 is 0 Å². The Morgan fingerprint density at radius 3 is 2.37 bits per heavy atom. The van der Waals surface area contributed by atoms with Crippen molar-refractivity contribution in [1.29, 1.82) is 0 Å². The summed E-state index contributed by atoms with van der Waals surface area (Å²) >= 11 is 0. The van der Waals surface area contributed by atoms with Gasteiger partial charge < -0.3 is 15.4 Å². The molecule has 150 valence electrons. The highest BCUT2D eigenvalue weighted by molar-refractivity contribution is 5.82. The van der Waals surface area contributed by atoms with E-state index in [1.165, 1.54) is 6.92 Å². The number of likely N-dealkylation sites (N-methyl/N-ethyl adjacent to an activating group) is 1. The fourth-order valence-corrected chi connectivity index (χ4v) is 2.57. The zero-order valence-corrected chi connectivity index (χ0v) is 16.5. The van der Waals surface area contributed by atoms with Gasteiger partial charge in [-0.2, -0.15) is 0 Å². The zero-order chi connectivity index (χ0) is 20.1. The molecule has 0 aliphatic heterocycles. The lowest BCUT2D eigenvalue weighted by Crippen LogP contribution is -2.44. The van der Waals surface area contributed by atoms with E-state index >= 15 is 0 Å². The Hall–Kier alpha value is -2.41. The van der Waals surface area contributed by atoms with E-state index in [1.54, 1.807) is 0 Å². The van der Waals surface area contributed by atoms with Gasteiger partial charge in [0.25, 0.3) is 0 Å². The van der Waals surface area contributed by atoms with Crippen LogP contribution in [0.1, 0.15) is 38.2 Å². The van der Waals surface area contributed by atoms with Gasteiger partial charge in [-0.3, -0.25) is 19.3 Å². The fraction of sp³-hybridized carbons (Fsp3) is 0.550. The summed E-state index contributed by atoms with van der Waals surface area (Å²) in [5, 5.41) is 5.54. The first-order valence-corrected chi connectivity index (χ1v) is 9.28. The van der Waals surface area contributed by atoms with Crippen molar-refractivity contribution in [1.82, 2.24) is 15.5 Å². The second-order valence-corrected chi connectivity index (χ2v) is 6.65. The molecule has 2 amide bonds. The van der Waals surface area contributed by atoms with Gasteiger partial charge in [-0.1, -0.05) is 30.3 Å². The van der Waals surface area contributed by atoms with Gasteiger partial charge in [0.05, 0.1) is 12.5 Å². The van der Waals surface area contributed by atoms with Crippen LogP contribution in [0.25, 0.3) is 0 Å². The van der Waals surface area contributed by atoms with Gasteiger partial charge in [-0.15, -0.1) is 0 Å². The van der Waals surface area contributed by atoms with E-state index in [-0.39, 0.29) is 43.4 Å². The number of hydrogen-bond acceptors (Lipinski definition) is 5. The van der Waals surface area contributed by atoms with Gasteiger partial charge >= 0.3 is 5.97 Å². The Balaban J connectivity index is 2.24. The van der Waals surface area contributed by atoms with Crippen LogP contribution in [0.15, 0.2) is 30.3 Å². The summed E-state index contributed by atoms with van der Waals surface area (Å²) in [4.78, 5) is 36.8. The molecule has 0 aliphatic rings. The van der Waals surface area contributed by atoms with Crippen LogP contribution in [0.3, 0.4) is 0 Å². The first kappa shape index (κ1) is 22.6. The molecule has 0 saturated heterocycles. The van der Waals surface area contributed by atoms with Crippen LogP contribution < -0.4 is 10.6 Å². The molecule has 0 aromatic heterocycles. The maximum absolute atomic E-state index is 12.3. The molecule has 0 saturated carbocycles. The zero-order valence-electron chi connectivity index (χ0n) is 16.5. The molecule has 1 aromatic rings. The molecule has 1 rings (SSSR count). The summed E-state index contributed by atoms with van der Waals surface area (Å²) in [6.45, 7) is 2.59. The third kappa shape index (κ3) is 10.4. The van der Waals surface area contributed by atoms with Crippen LogP contribution in [0.5, 0.6) is 0 Å². The molecule has 0 bridgehead atoms. The maximum atomic E-state index is 12.3. The largest absolute Gasteiger partial charge is 0.461 e. The highest BCUT2D eigenvalue weighted by Gasteiger charge is 2.20. The van der Waals surface area contributed by atoms with E-state index < -0.39 is 0 Å². The second-order valence-electron chi connectivity index (χ2n) is 6.65. The number of hydrogen-bond donors (Lipinski definition) is 2. The molecule has 7 heteroatoms. The lowest BCUT2D eigenvalue weighted by atomic mass is 10.1. The molecule has 0 spiro atoms. The van der Waals surface area contributed by atoms with E-state index in [1.807, 2.05) is 49.3 Å². The number of carbonyl (C=O) groups is 3. The highest BCUT2D eigenvalue weighted by atomic mass is 16.5. The predicted molar refractivity (Wildman–Crippen MR) is 104 cm³/mol. The van der Waals surface area contributed by atoms with Gasteiger partial charge in [-0.05, 0) is 38.9 Å². The summed E-state index contributed by atoms with van der Waals surface area (Å²) < 4.78 is 5.19. The molecular weight excluding hydrogens is 348 g/mol. The topological polar surface area (TPSA) is 87.7 Å². The number of ether oxygens (including phenoxy) is 1. The van der Waals surface area contributed by atoms with Crippen molar-refractivity contribution in [2.24, 2.45) is 0 Å². The van der Waals surface area contributed by atoms with Crippen LogP contribution in [0.2, 0.25) is 0 Å².